The van der Waals surface area contributed by atoms with Crippen LogP contribution in [0.1, 0.15) is 65.2 Å². The molecule has 21 heavy (non-hydrogen) atoms. The van der Waals surface area contributed by atoms with E-state index in [1.165, 1.54) is 32.1 Å². The lowest BCUT2D eigenvalue weighted by Crippen LogP contribution is -2.53. The standard InChI is InChI=1S/C17H32N2O2/c1-3-17(21)10-14-9-16(12-19(11-14)13(2)20)18-15-7-5-4-6-8-15/h14-18,21H,3-12H2,1-2H3. The second-order valence-electron chi connectivity index (χ2n) is 7.02. The number of rotatable bonds is 5. The van der Waals surface area contributed by atoms with Gasteiger partial charge in [0.2, 0.25) is 5.91 Å². The fourth-order valence-electron chi connectivity index (χ4n) is 3.91. The molecule has 0 aromatic carbocycles. The molecule has 1 saturated heterocycles. The van der Waals surface area contributed by atoms with Crippen molar-refractivity contribution in [3.8, 4) is 0 Å². The highest BCUT2D eigenvalue weighted by molar-refractivity contribution is 5.73. The van der Waals surface area contributed by atoms with Gasteiger partial charge >= 0.3 is 0 Å². The predicted octanol–water partition coefficient (Wildman–Crippen LogP) is 2.31. The van der Waals surface area contributed by atoms with Crippen LogP contribution in [0.25, 0.3) is 0 Å². The molecule has 0 aromatic rings. The molecule has 122 valence electrons. The average Bonchev–Trinajstić information content (AvgIpc) is 2.47. The lowest BCUT2D eigenvalue weighted by Gasteiger charge is -2.40. The number of likely N-dealkylation sites (tertiary alicyclic amines) is 1. The van der Waals surface area contributed by atoms with E-state index in [0.29, 0.717) is 18.0 Å². The zero-order valence-electron chi connectivity index (χ0n) is 13.7. The number of carbonyl (C=O) groups excluding carboxylic acids is 1. The molecule has 3 atom stereocenters. The Morgan fingerprint density at radius 2 is 1.95 bits per heavy atom. The monoisotopic (exact) mass is 296 g/mol. The van der Waals surface area contributed by atoms with Crippen molar-refractivity contribution in [3.05, 3.63) is 0 Å². The van der Waals surface area contributed by atoms with Crippen LogP contribution < -0.4 is 5.32 Å². The zero-order chi connectivity index (χ0) is 15.2. The Bertz CT molecular complexity index is 329. The van der Waals surface area contributed by atoms with Crippen molar-refractivity contribution in [1.82, 2.24) is 10.2 Å². The van der Waals surface area contributed by atoms with Crippen molar-refractivity contribution in [2.45, 2.75) is 83.4 Å². The first-order valence-electron chi connectivity index (χ1n) is 8.78. The van der Waals surface area contributed by atoms with Crippen LogP contribution in [0.15, 0.2) is 0 Å². The summed E-state index contributed by atoms with van der Waals surface area (Å²) in [6.07, 6.45) is 9.08. The maximum absolute atomic E-state index is 11.8. The van der Waals surface area contributed by atoms with Crippen LogP contribution in [0, 0.1) is 5.92 Å². The Kier molecular flexibility index (Phi) is 6.49. The fourth-order valence-corrected chi connectivity index (χ4v) is 3.91. The molecular formula is C17H32N2O2. The predicted molar refractivity (Wildman–Crippen MR) is 85.1 cm³/mol. The Balaban J connectivity index is 1.90. The zero-order valence-corrected chi connectivity index (χ0v) is 13.7. The van der Waals surface area contributed by atoms with E-state index < -0.39 is 0 Å². The van der Waals surface area contributed by atoms with Gasteiger partial charge in [-0.05, 0) is 38.0 Å². The SMILES string of the molecule is CCC(O)CC1CC(NC2CCCCC2)CN(C(C)=O)C1. The molecule has 0 spiro atoms. The number of amides is 1. The second-order valence-corrected chi connectivity index (χ2v) is 7.02. The van der Waals surface area contributed by atoms with Gasteiger partial charge in [0, 0.05) is 32.1 Å². The number of hydrogen-bond donors (Lipinski definition) is 2. The van der Waals surface area contributed by atoms with E-state index in [2.05, 4.69) is 5.32 Å². The number of carbonyl (C=O) groups is 1. The van der Waals surface area contributed by atoms with Crippen molar-refractivity contribution < 1.29 is 9.90 Å². The Labute approximate surface area is 129 Å². The van der Waals surface area contributed by atoms with Gasteiger partial charge in [-0.25, -0.2) is 0 Å². The highest BCUT2D eigenvalue weighted by Crippen LogP contribution is 2.25. The average molecular weight is 296 g/mol. The molecule has 3 unspecified atom stereocenters. The van der Waals surface area contributed by atoms with Crippen LogP contribution in [-0.4, -0.2) is 47.2 Å². The van der Waals surface area contributed by atoms with E-state index in [1.54, 1.807) is 6.92 Å². The maximum atomic E-state index is 11.8. The number of nitrogens with zero attached hydrogens (tertiary/aromatic N) is 1. The number of aliphatic hydroxyl groups is 1. The molecule has 1 heterocycles. The molecule has 0 aromatic heterocycles. The van der Waals surface area contributed by atoms with Crippen molar-refractivity contribution in [2.75, 3.05) is 13.1 Å². The van der Waals surface area contributed by atoms with Crippen LogP contribution in [0.3, 0.4) is 0 Å². The lowest BCUT2D eigenvalue weighted by atomic mass is 9.87. The second kappa shape index (κ2) is 8.14. The molecule has 1 aliphatic carbocycles. The molecule has 1 aliphatic heterocycles. The summed E-state index contributed by atoms with van der Waals surface area (Å²) in [4.78, 5) is 13.7. The third kappa shape index (κ3) is 5.26. The number of aliphatic hydroxyl groups excluding tert-OH is 1. The first kappa shape index (κ1) is 16.8. The number of nitrogens with one attached hydrogen (secondary N) is 1. The Morgan fingerprint density at radius 1 is 1.24 bits per heavy atom. The summed E-state index contributed by atoms with van der Waals surface area (Å²) in [6, 6.07) is 1.03. The number of hydrogen-bond acceptors (Lipinski definition) is 3. The van der Waals surface area contributed by atoms with Gasteiger partial charge in [0.1, 0.15) is 0 Å². The van der Waals surface area contributed by atoms with E-state index in [0.717, 1.165) is 32.4 Å². The van der Waals surface area contributed by atoms with Gasteiger partial charge in [0.05, 0.1) is 6.10 Å². The lowest BCUT2D eigenvalue weighted by molar-refractivity contribution is -0.131. The normalized spacial score (nSPS) is 29.4. The Hall–Kier alpha value is -0.610. The first-order valence-corrected chi connectivity index (χ1v) is 8.78. The summed E-state index contributed by atoms with van der Waals surface area (Å²) < 4.78 is 0. The van der Waals surface area contributed by atoms with Crippen molar-refractivity contribution in [1.29, 1.82) is 0 Å². The summed E-state index contributed by atoms with van der Waals surface area (Å²) in [5.74, 6) is 0.597. The summed E-state index contributed by atoms with van der Waals surface area (Å²) in [6.45, 7) is 5.34. The first-order chi connectivity index (χ1) is 10.1. The molecule has 0 bridgehead atoms. The van der Waals surface area contributed by atoms with E-state index in [-0.39, 0.29) is 12.0 Å². The van der Waals surface area contributed by atoms with Gasteiger partial charge in [0.15, 0.2) is 0 Å². The summed E-state index contributed by atoms with van der Waals surface area (Å²) in [5, 5.41) is 13.7. The van der Waals surface area contributed by atoms with E-state index >= 15 is 0 Å². The van der Waals surface area contributed by atoms with Gasteiger partial charge in [-0.15, -0.1) is 0 Å². The highest BCUT2D eigenvalue weighted by Gasteiger charge is 2.30. The molecule has 2 aliphatic rings. The van der Waals surface area contributed by atoms with Gasteiger partial charge in [0.25, 0.3) is 0 Å². The van der Waals surface area contributed by atoms with Gasteiger partial charge in [-0.2, -0.15) is 0 Å². The molecule has 1 amide bonds. The fraction of sp³-hybridized carbons (Fsp3) is 0.941. The molecule has 4 heteroatoms. The van der Waals surface area contributed by atoms with Crippen molar-refractivity contribution >= 4 is 5.91 Å². The minimum Gasteiger partial charge on any atom is -0.393 e. The molecule has 1 saturated carbocycles. The summed E-state index contributed by atoms with van der Waals surface area (Å²) in [5.41, 5.74) is 0. The van der Waals surface area contributed by atoms with Crippen LogP contribution in [-0.2, 0) is 4.79 Å². The van der Waals surface area contributed by atoms with Crippen molar-refractivity contribution in [2.24, 2.45) is 5.92 Å². The molecular weight excluding hydrogens is 264 g/mol. The van der Waals surface area contributed by atoms with Crippen LogP contribution in [0.4, 0.5) is 0 Å². The number of piperidine rings is 1. The molecule has 4 nitrogen and oxygen atoms in total. The maximum Gasteiger partial charge on any atom is 0.219 e. The van der Waals surface area contributed by atoms with E-state index in [4.69, 9.17) is 0 Å². The summed E-state index contributed by atoms with van der Waals surface area (Å²) in [7, 11) is 0. The molecule has 0 radical (unpaired) electrons. The minimum absolute atomic E-state index is 0.168. The summed E-state index contributed by atoms with van der Waals surface area (Å²) >= 11 is 0. The molecule has 2 N–H and O–H groups in total. The molecule has 2 rings (SSSR count). The third-order valence-corrected chi connectivity index (χ3v) is 5.14. The largest absolute Gasteiger partial charge is 0.393 e. The van der Waals surface area contributed by atoms with E-state index in [9.17, 15) is 9.90 Å². The van der Waals surface area contributed by atoms with Gasteiger partial charge < -0.3 is 15.3 Å². The van der Waals surface area contributed by atoms with Crippen LogP contribution in [0.5, 0.6) is 0 Å². The van der Waals surface area contributed by atoms with Gasteiger partial charge in [-0.3, -0.25) is 4.79 Å². The topological polar surface area (TPSA) is 52.6 Å². The Morgan fingerprint density at radius 3 is 2.57 bits per heavy atom. The highest BCUT2D eigenvalue weighted by atomic mass is 16.3. The van der Waals surface area contributed by atoms with Crippen molar-refractivity contribution in [3.63, 3.8) is 0 Å². The van der Waals surface area contributed by atoms with Crippen LogP contribution in [0.2, 0.25) is 0 Å². The smallest absolute Gasteiger partial charge is 0.219 e. The van der Waals surface area contributed by atoms with Gasteiger partial charge in [-0.1, -0.05) is 26.2 Å². The van der Waals surface area contributed by atoms with E-state index in [1.807, 2.05) is 11.8 Å². The molecule has 2 fully saturated rings. The third-order valence-electron chi connectivity index (χ3n) is 5.14. The van der Waals surface area contributed by atoms with Crippen LogP contribution >= 0.6 is 0 Å². The minimum atomic E-state index is -0.225. The quantitative estimate of drug-likeness (QED) is 0.818.